The third-order valence-electron chi connectivity index (χ3n) is 3.21. The van der Waals surface area contributed by atoms with E-state index < -0.39 is 5.67 Å². The first-order valence-corrected chi connectivity index (χ1v) is 5.74. The van der Waals surface area contributed by atoms with Crippen molar-refractivity contribution in [1.82, 2.24) is 0 Å². The highest BCUT2D eigenvalue weighted by atomic mass is 19.1. The summed E-state index contributed by atoms with van der Waals surface area (Å²) in [7, 11) is 0. The van der Waals surface area contributed by atoms with Crippen LogP contribution in [0.5, 0.6) is 5.75 Å². The third-order valence-corrected chi connectivity index (χ3v) is 3.21. The highest BCUT2D eigenvalue weighted by Gasteiger charge is 2.51. The van der Waals surface area contributed by atoms with E-state index in [0.717, 1.165) is 5.56 Å². The SMILES string of the molecule is CC1N=C(c2ccc(O)cc2)N=C1C1(F)CC1. The molecule has 1 aromatic rings. The lowest BCUT2D eigenvalue weighted by Crippen LogP contribution is -2.24. The number of phenols is 1. The van der Waals surface area contributed by atoms with Crippen molar-refractivity contribution in [2.75, 3.05) is 0 Å². The molecule has 1 aliphatic carbocycles. The molecular formula is C13H13FN2O. The second-order valence-corrected chi connectivity index (χ2v) is 4.64. The summed E-state index contributed by atoms with van der Waals surface area (Å²) in [5.41, 5.74) is 0.163. The van der Waals surface area contributed by atoms with Crippen LogP contribution in [0.1, 0.15) is 25.3 Å². The van der Waals surface area contributed by atoms with E-state index in [2.05, 4.69) is 9.98 Å². The number of alkyl halides is 1. The maximum absolute atomic E-state index is 14.0. The summed E-state index contributed by atoms with van der Waals surface area (Å²) in [4.78, 5) is 8.68. The van der Waals surface area contributed by atoms with Crippen LogP contribution in [-0.4, -0.2) is 28.4 Å². The van der Waals surface area contributed by atoms with Gasteiger partial charge in [-0.3, -0.25) is 4.99 Å². The van der Waals surface area contributed by atoms with Gasteiger partial charge >= 0.3 is 0 Å². The summed E-state index contributed by atoms with van der Waals surface area (Å²) in [5, 5.41) is 9.21. The van der Waals surface area contributed by atoms with Gasteiger partial charge in [0, 0.05) is 5.56 Å². The van der Waals surface area contributed by atoms with Gasteiger partial charge in [-0.05, 0) is 44.0 Å². The highest BCUT2D eigenvalue weighted by molar-refractivity contribution is 6.16. The fraction of sp³-hybridized carbons (Fsp3) is 0.385. The molecule has 1 heterocycles. The summed E-state index contributed by atoms with van der Waals surface area (Å²) in [6.07, 6.45) is 1.13. The summed E-state index contributed by atoms with van der Waals surface area (Å²) in [5.74, 6) is 0.769. The summed E-state index contributed by atoms with van der Waals surface area (Å²) in [6.45, 7) is 1.87. The molecule has 0 bridgehead atoms. The number of nitrogens with zero attached hydrogens (tertiary/aromatic N) is 2. The van der Waals surface area contributed by atoms with Crippen molar-refractivity contribution in [2.45, 2.75) is 31.5 Å². The quantitative estimate of drug-likeness (QED) is 0.836. The van der Waals surface area contributed by atoms with Crippen LogP contribution >= 0.6 is 0 Å². The number of aromatic hydroxyl groups is 1. The molecule has 0 aromatic heterocycles. The van der Waals surface area contributed by atoms with Gasteiger partial charge in [0.05, 0.1) is 11.8 Å². The minimum absolute atomic E-state index is 0.175. The van der Waals surface area contributed by atoms with Crippen molar-refractivity contribution in [1.29, 1.82) is 0 Å². The maximum Gasteiger partial charge on any atom is 0.155 e. The molecule has 1 N–H and O–H groups in total. The normalized spacial score (nSPS) is 25.4. The Labute approximate surface area is 98.7 Å². The molecule has 17 heavy (non-hydrogen) atoms. The Bertz CT molecular complexity index is 515. The fourth-order valence-electron chi connectivity index (χ4n) is 2.07. The summed E-state index contributed by atoms with van der Waals surface area (Å²) < 4.78 is 14.0. The molecule has 0 amide bonds. The standard InChI is InChI=1S/C13H13FN2O/c1-8-11(13(14)6-7-13)16-12(15-8)9-2-4-10(17)5-3-9/h2-5,8,17H,6-7H2,1H3. The summed E-state index contributed by atoms with van der Waals surface area (Å²) >= 11 is 0. The Kier molecular flexibility index (Phi) is 2.08. The number of rotatable bonds is 2. The number of aliphatic imine (C=N–C) groups is 2. The van der Waals surface area contributed by atoms with Crippen LogP contribution in [0.25, 0.3) is 0 Å². The Balaban J connectivity index is 1.92. The van der Waals surface area contributed by atoms with Crippen molar-refractivity contribution in [3.05, 3.63) is 29.8 Å². The minimum atomic E-state index is -1.21. The van der Waals surface area contributed by atoms with Crippen LogP contribution in [0.4, 0.5) is 4.39 Å². The zero-order valence-electron chi connectivity index (χ0n) is 9.52. The molecule has 4 heteroatoms. The number of hydrogen-bond donors (Lipinski definition) is 1. The van der Waals surface area contributed by atoms with Crippen molar-refractivity contribution in [2.24, 2.45) is 9.98 Å². The van der Waals surface area contributed by atoms with E-state index >= 15 is 0 Å². The predicted octanol–water partition coefficient (Wildman–Crippen LogP) is 2.48. The molecule has 3 nitrogen and oxygen atoms in total. The largest absolute Gasteiger partial charge is 0.508 e. The average Bonchev–Trinajstić information content (AvgIpc) is 2.91. The molecule has 1 aliphatic heterocycles. The van der Waals surface area contributed by atoms with E-state index in [-0.39, 0.29) is 11.8 Å². The molecule has 1 aromatic carbocycles. The van der Waals surface area contributed by atoms with Gasteiger partial charge < -0.3 is 5.11 Å². The van der Waals surface area contributed by atoms with Gasteiger partial charge in [0.15, 0.2) is 11.5 Å². The minimum Gasteiger partial charge on any atom is -0.508 e. The molecule has 1 fully saturated rings. The first-order chi connectivity index (χ1) is 8.08. The predicted molar refractivity (Wildman–Crippen MR) is 64.6 cm³/mol. The monoisotopic (exact) mass is 232 g/mol. The van der Waals surface area contributed by atoms with Crippen LogP contribution in [0.2, 0.25) is 0 Å². The molecule has 88 valence electrons. The van der Waals surface area contributed by atoms with Crippen LogP contribution in [-0.2, 0) is 0 Å². The fourth-order valence-corrected chi connectivity index (χ4v) is 2.07. The van der Waals surface area contributed by atoms with Crippen molar-refractivity contribution in [3.8, 4) is 5.75 Å². The van der Waals surface area contributed by atoms with Crippen LogP contribution < -0.4 is 0 Å². The molecule has 0 saturated heterocycles. The molecule has 1 saturated carbocycles. The maximum atomic E-state index is 14.0. The van der Waals surface area contributed by atoms with Crippen molar-refractivity contribution < 1.29 is 9.50 Å². The van der Waals surface area contributed by atoms with E-state index in [9.17, 15) is 9.50 Å². The second kappa shape index (κ2) is 3.39. The Hall–Kier alpha value is -1.71. The summed E-state index contributed by atoms with van der Waals surface area (Å²) in [6, 6.07) is 6.47. The molecule has 1 unspecified atom stereocenters. The highest BCUT2D eigenvalue weighted by Crippen LogP contribution is 2.43. The molecule has 2 aliphatic rings. The lowest BCUT2D eigenvalue weighted by molar-refractivity contribution is 0.400. The van der Waals surface area contributed by atoms with Crippen molar-refractivity contribution >= 4 is 11.5 Å². The Morgan fingerprint density at radius 1 is 1.29 bits per heavy atom. The van der Waals surface area contributed by atoms with E-state index in [1.165, 1.54) is 0 Å². The number of halogens is 1. The topological polar surface area (TPSA) is 45.0 Å². The Morgan fingerprint density at radius 2 is 1.94 bits per heavy atom. The molecule has 0 radical (unpaired) electrons. The van der Waals surface area contributed by atoms with Crippen LogP contribution in [0.3, 0.4) is 0 Å². The van der Waals surface area contributed by atoms with Gasteiger partial charge in [-0.1, -0.05) is 0 Å². The van der Waals surface area contributed by atoms with Crippen LogP contribution in [0, 0.1) is 0 Å². The number of amidine groups is 1. The van der Waals surface area contributed by atoms with E-state index in [1.807, 2.05) is 6.92 Å². The van der Waals surface area contributed by atoms with Gasteiger partial charge in [0.25, 0.3) is 0 Å². The van der Waals surface area contributed by atoms with Crippen LogP contribution in [0.15, 0.2) is 34.3 Å². The average molecular weight is 232 g/mol. The zero-order chi connectivity index (χ0) is 12.0. The third kappa shape index (κ3) is 1.73. The van der Waals surface area contributed by atoms with E-state index in [1.54, 1.807) is 24.3 Å². The molecule has 0 spiro atoms. The lowest BCUT2D eigenvalue weighted by atomic mass is 10.1. The number of benzene rings is 1. The van der Waals surface area contributed by atoms with E-state index in [0.29, 0.717) is 24.4 Å². The van der Waals surface area contributed by atoms with Gasteiger partial charge in [-0.15, -0.1) is 0 Å². The molecular weight excluding hydrogens is 219 g/mol. The first-order valence-electron chi connectivity index (χ1n) is 5.74. The van der Waals surface area contributed by atoms with Gasteiger partial charge in [-0.2, -0.15) is 0 Å². The van der Waals surface area contributed by atoms with Gasteiger partial charge in [0.2, 0.25) is 0 Å². The number of phenolic OH excluding ortho intramolecular Hbond substituents is 1. The van der Waals surface area contributed by atoms with E-state index in [4.69, 9.17) is 0 Å². The zero-order valence-corrected chi connectivity index (χ0v) is 9.52. The molecule has 1 atom stereocenters. The number of hydrogen-bond acceptors (Lipinski definition) is 3. The van der Waals surface area contributed by atoms with Crippen molar-refractivity contribution in [3.63, 3.8) is 0 Å². The van der Waals surface area contributed by atoms with Gasteiger partial charge in [0.1, 0.15) is 5.75 Å². The first kappa shape index (κ1) is 10.4. The second-order valence-electron chi connectivity index (χ2n) is 4.64. The molecule has 3 rings (SSSR count). The van der Waals surface area contributed by atoms with Gasteiger partial charge in [-0.25, -0.2) is 9.38 Å². The Morgan fingerprint density at radius 3 is 2.53 bits per heavy atom. The smallest absolute Gasteiger partial charge is 0.155 e. The lowest BCUT2D eigenvalue weighted by Gasteiger charge is -2.07.